The van der Waals surface area contributed by atoms with Crippen LogP contribution >= 0.6 is 0 Å². The van der Waals surface area contributed by atoms with Crippen LogP contribution in [0.5, 0.6) is 0 Å². The number of allylic oxidation sites excluding steroid dienone is 2. The number of benzene rings is 6. The van der Waals surface area contributed by atoms with Gasteiger partial charge in [0.2, 0.25) is 0 Å². The van der Waals surface area contributed by atoms with Crippen LogP contribution in [0.3, 0.4) is 0 Å². The van der Waals surface area contributed by atoms with Crippen LogP contribution in [0.15, 0.2) is 176 Å². The minimum atomic E-state index is -0.249. The highest BCUT2D eigenvalue weighted by Crippen LogP contribution is 2.46. The zero-order valence-electron chi connectivity index (χ0n) is 25.1. The molecule has 6 aromatic carbocycles. The fraction of sp³-hybridized carbons (Fsp3) is 0.0476. The van der Waals surface area contributed by atoms with E-state index in [1.54, 1.807) is 0 Å². The molecule has 1 atom stereocenters. The molecule has 6 aromatic rings. The Bertz CT molecular complexity index is 1910. The normalized spacial score (nSPS) is 13.7. The maximum atomic E-state index is 12.8. The van der Waals surface area contributed by atoms with Crippen molar-refractivity contribution in [2.75, 3.05) is 0 Å². The lowest BCUT2D eigenvalue weighted by Gasteiger charge is -2.30. The first-order valence-corrected chi connectivity index (χ1v) is 15.4. The molecule has 0 spiro atoms. The fourth-order valence-electron chi connectivity index (χ4n) is 6.30. The molecule has 0 aromatic heterocycles. The summed E-state index contributed by atoms with van der Waals surface area (Å²) in [5, 5.41) is 12.8. The predicted molar refractivity (Wildman–Crippen MR) is 186 cm³/mol. The average Bonchev–Trinajstić information content (AvgIpc) is 3.13. The smallest absolute Gasteiger partial charge is 0.284 e. The van der Waals surface area contributed by atoms with Crippen LogP contribution < -0.4 is 0 Å². The van der Waals surface area contributed by atoms with Gasteiger partial charge in [0.05, 0.1) is 16.1 Å². The van der Waals surface area contributed by atoms with Gasteiger partial charge >= 0.3 is 0 Å². The monoisotopic (exact) mass is 597 g/mol. The highest BCUT2D eigenvalue weighted by molar-refractivity contribution is 5.87. The van der Waals surface area contributed by atoms with Gasteiger partial charge in [-0.3, -0.25) is 10.1 Å². The molecular formula is C42H31NO3. The van der Waals surface area contributed by atoms with Crippen LogP contribution in [0, 0.1) is 16.0 Å². The van der Waals surface area contributed by atoms with Gasteiger partial charge in [-0.2, -0.15) is 0 Å². The van der Waals surface area contributed by atoms with Crippen molar-refractivity contribution in [3.8, 4) is 22.3 Å². The summed E-state index contributed by atoms with van der Waals surface area (Å²) < 4.78 is 6.58. The number of hydrogen-bond donors (Lipinski definition) is 0. The SMILES string of the molecule is O=[N+]([O-])c1c(-c2ccccc2)cc(C(c2ccccc2)C2C=C(c3ccccc3)OC(c3ccccc3)=C2)cc1-c1ccccc1. The third kappa shape index (κ3) is 5.89. The molecule has 4 heteroatoms. The van der Waals surface area contributed by atoms with E-state index in [1.165, 1.54) is 0 Å². The lowest BCUT2D eigenvalue weighted by Crippen LogP contribution is -2.16. The first kappa shape index (κ1) is 28.8. The van der Waals surface area contributed by atoms with E-state index in [1.807, 2.05) is 127 Å². The molecule has 0 fully saturated rings. The fourth-order valence-corrected chi connectivity index (χ4v) is 6.30. The first-order valence-electron chi connectivity index (χ1n) is 15.4. The van der Waals surface area contributed by atoms with E-state index in [2.05, 4.69) is 48.6 Å². The van der Waals surface area contributed by atoms with Gasteiger partial charge in [0, 0.05) is 23.0 Å². The minimum absolute atomic E-state index is 0.0981. The van der Waals surface area contributed by atoms with Crippen LogP contribution in [0.25, 0.3) is 33.8 Å². The zero-order chi connectivity index (χ0) is 31.3. The summed E-state index contributed by atoms with van der Waals surface area (Å²) in [6.07, 6.45) is 4.37. The van der Waals surface area contributed by atoms with Crippen molar-refractivity contribution in [1.82, 2.24) is 0 Å². The summed E-state index contributed by atoms with van der Waals surface area (Å²) in [7, 11) is 0. The van der Waals surface area contributed by atoms with Gasteiger partial charge < -0.3 is 4.74 Å². The van der Waals surface area contributed by atoms with Crippen LogP contribution in [-0.2, 0) is 4.74 Å². The highest BCUT2D eigenvalue weighted by Gasteiger charge is 2.31. The van der Waals surface area contributed by atoms with E-state index < -0.39 is 0 Å². The standard InChI is InChI=1S/C42H31NO3/c44-43(45)42-37(30-16-6-1-7-17-30)26-35(27-38(42)31-18-8-2-9-19-31)41(34-24-14-5-15-25-34)36-28-39(32-20-10-3-11-21-32)46-40(29-36)33-22-12-4-13-23-33/h1-29,36,41H. The van der Waals surface area contributed by atoms with Crippen molar-refractivity contribution >= 4 is 17.2 Å². The Kier molecular flexibility index (Phi) is 8.08. The van der Waals surface area contributed by atoms with Crippen LogP contribution in [0.4, 0.5) is 5.69 Å². The van der Waals surface area contributed by atoms with Gasteiger partial charge in [-0.1, -0.05) is 152 Å². The summed E-state index contributed by atoms with van der Waals surface area (Å²) in [5.41, 5.74) is 6.94. The van der Waals surface area contributed by atoms with Crippen molar-refractivity contribution in [2.45, 2.75) is 5.92 Å². The number of nitrogens with zero attached hydrogens (tertiary/aromatic N) is 1. The topological polar surface area (TPSA) is 52.4 Å². The van der Waals surface area contributed by atoms with Crippen molar-refractivity contribution in [3.05, 3.63) is 208 Å². The number of hydrogen-bond acceptors (Lipinski definition) is 3. The zero-order valence-corrected chi connectivity index (χ0v) is 25.1. The summed E-state index contributed by atoms with van der Waals surface area (Å²) in [4.78, 5) is 12.6. The summed E-state index contributed by atoms with van der Waals surface area (Å²) in [6.45, 7) is 0. The molecule has 0 amide bonds. The van der Waals surface area contributed by atoms with Gasteiger partial charge in [0.25, 0.3) is 5.69 Å². The molecule has 1 unspecified atom stereocenters. The van der Waals surface area contributed by atoms with E-state index >= 15 is 0 Å². The summed E-state index contributed by atoms with van der Waals surface area (Å²) >= 11 is 0. The number of rotatable bonds is 8. The molecule has 1 aliphatic rings. The lowest BCUT2D eigenvalue weighted by atomic mass is 9.77. The van der Waals surface area contributed by atoms with Crippen molar-refractivity contribution in [3.63, 3.8) is 0 Å². The Morgan fingerprint density at radius 2 is 0.870 bits per heavy atom. The maximum Gasteiger partial charge on any atom is 0.284 e. The Morgan fingerprint density at radius 3 is 1.26 bits per heavy atom. The van der Waals surface area contributed by atoms with Crippen molar-refractivity contribution < 1.29 is 9.66 Å². The molecule has 7 rings (SSSR count). The lowest BCUT2D eigenvalue weighted by molar-refractivity contribution is -0.383. The quantitative estimate of drug-likeness (QED) is 0.130. The molecule has 0 saturated heterocycles. The summed E-state index contributed by atoms with van der Waals surface area (Å²) in [6, 6.07) is 54.0. The Hall–Kier alpha value is -6.00. The molecule has 0 N–H and O–H groups in total. The van der Waals surface area contributed by atoms with E-state index in [0.717, 1.165) is 44.9 Å². The molecule has 0 bridgehead atoms. The van der Waals surface area contributed by atoms with Crippen molar-refractivity contribution in [2.24, 2.45) is 5.92 Å². The average molecular weight is 598 g/mol. The molecular weight excluding hydrogens is 566 g/mol. The van der Waals surface area contributed by atoms with E-state index in [-0.39, 0.29) is 22.4 Å². The molecule has 222 valence electrons. The Labute approximate surface area is 268 Å². The van der Waals surface area contributed by atoms with Gasteiger partial charge in [-0.25, -0.2) is 0 Å². The number of nitro benzene ring substituents is 1. The highest BCUT2D eigenvalue weighted by atomic mass is 16.6. The Balaban J connectivity index is 1.50. The van der Waals surface area contributed by atoms with Gasteiger partial charge in [0.15, 0.2) is 0 Å². The van der Waals surface area contributed by atoms with E-state index in [9.17, 15) is 10.1 Å². The van der Waals surface area contributed by atoms with Crippen LogP contribution in [0.2, 0.25) is 0 Å². The molecule has 4 nitrogen and oxygen atoms in total. The Morgan fingerprint density at radius 1 is 0.500 bits per heavy atom. The van der Waals surface area contributed by atoms with Crippen molar-refractivity contribution in [1.29, 1.82) is 0 Å². The van der Waals surface area contributed by atoms with Gasteiger partial charge in [-0.15, -0.1) is 0 Å². The molecule has 0 radical (unpaired) electrons. The van der Waals surface area contributed by atoms with Crippen LogP contribution in [0.1, 0.15) is 28.2 Å². The molecule has 0 aliphatic carbocycles. The second kappa shape index (κ2) is 12.9. The minimum Gasteiger partial charge on any atom is -0.457 e. The summed E-state index contributed by atoms with van der Waals surface area (Å²) in [5.74, 6) is 1.26. The van der Waals surface area contributed by atoms with Gasteiger partial charge in [0.1, 0.15) is 11.5 Å². The number of ether oxygens (including phenoxy) is 1. The first-order chi connectivity index (χ1) is 22.7. The van der Waals surface area contributed by atoms with E-state index in [0.29, 0.717) is 11.1 Å². The van der Waals surface area contributed by atoms with E-state index in [4.69, 9.17) is 4.74 Å². The molecule has 1 heterocycles. The van der Waals surface area contributed by atoms with Crippen LogP contribution in [-0.4, -0.2) is 4.92 Å². The largest absolute Gasteiger partial charge is 0.457 e. The second-order valence-corrected chi connectivity index (χ2v) is 11.3. The van der Waals surface area contributed by atoms with Gasteiger partial charge in [-0.05, 0) is 46.5 Å². The second-order valence-electron chi connectivity index (χ2n) is 11.3. The number of nitro groups is 1. The molecule has 1 aliphatic heterocycles. The third-order valence-corrected chi connectivity index (χ3v) is 8.41. The molecule has 0 saturated carbocycles. The molecule has 46 heavy (non-hydrogen) atoms. The predicted octanol–water partition coefficient (Wildman–Crippen LogP) is 10.8. The third-order valence-electron chi connectivity index (χ3n) is 8.41. The maximum absolute atomic E-state index is 12.8.